The number of carbonyl (C=O) groups is 1. The van der Waals surface area contributed by atoms with E-state index in [1.54, 1.807) is 6.07 Å². The van der Waals surface area contributed by atoms with Crippen LogP contribution in [-0.4, -0.2) is 34.4 Å². The normalized spacial score (nSPS) is 11.7. The maximum absolute atomic E-state index is 14.0. The van der Waals surface area contributed by atoms with Crippen molar-refractivity contribution in [2.75, 3.05) is 17.7 Å². The summed E-state index contributed by atoms with van der Waals surface area (Å²) < 4.78 is 33.7. The van der Waals surface area contributed by atoms with Gasteiger partial charge in [0.05, 0.1) is 23.3 Å². The minimum atomic E-state index is -0.771. The summed E-state index contributed by atoms with van der Waals surface area (Å²) >= 11 is 5.79. The Morgan fingerprint density at radius 2 is 1.90 bits per heavy atom. The van der Waals surface area contributed by atoms with E-state index in [1.165, 1.54) is 36.7 Å². The monoisotopic (exact) mass is 418 g/mol. The molecule has 1 atom stereocenters. The van der Waals surface area contributed by atoms with E-state index in [4.69, 9.17) is 22.1 Å². The van der Waals surface area contributed by atoms with Crippen LogP contribution in [0.15, 0.2) is 54.9 Å². The van der Waals surface area contributed by atoms with Gasteiger partial charge in [-0.2, -0.15) is 0 Å². The first-order valence-electron chi connectivity index (χ1n) is 8.63. The Balaban J connectivity index is 1.86. The van der Waals surface area contributed by atoms with Gasteiger partial charge in [-0.05, 0) is 24.3 Å². The number of halogens is 3. The zero-order chi connectivity index (χ0) is 20.8. The molecule has 3 rings (SSSR count). The second-order valence-corrected chi connectivity index (χ2v) is 6.27. The van der Waals surface area contributed by atoms with E-state index < -0.39 is 23.6 Å². The average molecular weight is 419 g/mol. The van der Waals surface area contributed by atoms with Gasteiger partial charge in [-0.3, -0.25) is 9.78 Å². The Morgan fingerprint density at radius 1 is 1.17 bits per heavy atom. The van der Waals surface area contributed by atoms with E-state index in [2.05, 4.69) is 15.3 Å². The van der Waals surface area contributed by atoms with Crippen molar-refractivity contribution < 1.29 is 18.3 Å². The van der Waals surface area contributed by atoms with Gasteiger partial charge in [-0.25, -0.2) is 13.8 Å². The minimum absolute atomic E-state index is 0.00115. The molecule has 1 aromatic carbocycles. The lowest BCUT2D eigenvalue weighted by molar-refractivity contribution is 0.102. The molecule has 0 aliphatic rings. The van der Waals surface area contributed by atoms with Crippen molar-refractivity contribution in [2.45, 2.75) is 6.10 Å². The van der Waals surface area contributed by atoms with Crippen molar-refractivity contribution in [3.05, 3.63) is 72.2 Å². The van der Waals surface area contributed by atoms with Gasteiger partial charge in [0.25, 0.3) is 5.91 Å². The maximum Gasteiger partial charge on any atom is 0.274 e. The summed E-state index contributed by atoms with van der Waals surface area (Å²) in [7, 11) is 0. The molecule has 3 N–H and O–H groups in total. The predicted octanol–water partition coefficient (Wildman–Crippen LogP) is 3.62. The van der Waals surface area contributed by atoms with Crippen molar-refractivity contribution >= 4 is 23.2 Å². The fraction of sp³-hybridized carbons (Fsp3) is 0.150. The molecule has 0 radical (unpaired) electrons. The molecule has 150 valence electrons. The highest BCUT2D eigenvalue weighted by atomic mass is 35.5. The van der Waals surface area contributed by atoms with Crippen molar-refractivity contribution in [2.24, 2.45) is 5.73 Å². The lowest BCUT2D eigenvalue weighted by atomic mass is 10.1. The van der Waals surface area contributed by atoms with Gasteiger partial charge in [0.2, 0.25) is 0 Å². The fourth-order valence-corrected chi connectivity index (χ4v) is 2.72. The van der Waals surface area contributed by atoms with E-state index in [9.17, 15) is 13.6 Å². The van der Waals surface area contributed by atoms with Crippen LogP contribution in [0.25, 0.3) is 11.3 Å². The topological polar surface area (TPSA) is 90.1 Å². The number of hydrogen-bond acceptors (Lipinski definition) is 5. The molecule has 0 saturated heterocycles. The summed E-state index contributed by atoms with van der Waals surface area (Å²) in [5, 5.41) is 2.63. The van der Waals surface area contributed by atoms with E-state index in [1.807, 2.05) is 0 Å². The minimum Gasteiger partial charge on any atom is -0.486 e. The van der Waals surface area contributed by atoms with Crippen LogP contribution in [-0.2, 0) is 0 Å². The van der Waals surface area contributed by atoms with Gasteiger partial charge in [-0.1, -0.05) is 12.1 Å². The molecular weight excluding hydrogens is 402 g/mol. The molecule has 0 saturated carbocycles. The number of nitrogens with two attached hydrogens (primary N) is 1. The summed E-state index contributed by atoms with van der Waals surface area (Å²) in [4.78, 5) is 20.7. The Labute approximate surface area is 170 Å². The number of rotatable bonds is 7. The first-order chi connectivity index (χ1) is 14.0. The summed E-state index contributed by atoms with van der Waals surface area (Å²) in [6.07, 6.45) is 2.45. The van der Waals surface area contributed by atoms with Crippen LogP contribution < -0.4 is 15.8 Å². The third-order valence-corrected chi connectivity index (χ3v) is 4.30. The number of nitrogens with one attached hydrogen (secondary N) is 1. The molecule has 0 aliphatic carbocycles. The molecule has 0 aliphatic heterocycles. The third kappa shape index (κ3) is 4.85. The second-order valence-electron chi connectivity index (χ2n) is 5.96. The molecule has 0 bridgehead atoms. The first kappa shape index (κ1) is 20.6. The highest BCUT2D eigenvalue weighted by Gasteiger charge is 2.17. The van der Waals surface area contributed by atoms with E-state index in [0.717, 1.165) is 12.1 Å². The lowest BCUT2D eigenvalue weighted by Crippen LogP contribution is -2.28. The standard InChI is InChI=1S/C20H17ClF2N4O2/c21-9-12(10-24)29-18-7-8-25-11-17(18)27-20(28)16-6-2-5-15(26-16)19-13(22)3-1-4-14(19)23/h1-8,11-12H,9-10,24H2,(H,27,28). The number of pyridine rings is 2. The van der Waals surface area contributed by atoms with Crippen molar-refractivity contribution in [3.8, 4) is 17.0 Å². The number of hydrogen-bond donors (Lipinski definition) is 2. The second kappa shape index (κ2) is 9.40. The number of alkyl halides is 1. The highest BCUT2D eigenvalue weighted by molar-refractivity contribution is 6.18. The third-order valence-electron chi connectivity index (χ3n) is 3.96. The van der Waals surface area contributed by atoms with Crippen molar-refractivity contribution in [1.82, 2.24) is 9.97 Å². The Kier molecular flexibility index (Phi) is 6.69. The summed E-state index contributed by atoms with van der Waals surface area (Å²) in [6.45, 7) is 0.191. The van der Waals surface area contributed by atoms with Crippen LogP contribution in [0.3, 0.4) is 0 Å². The Morgan fingerprint density at radius 3 is 2.59 bits per heavy atom. The van der Waals surface area contributed by atoms with E-state index in [0.29, 0.717) is 5.75 Å². The SMILES string of the molecule is NCC(CCl)Oc1ccncc1NC(=O)c1cccc(-c2c(F)cccc2F)n1. The number of aromatic nitrogens is 2. The molecule has 1 unspecified atom stereocenters. The highest BCUT2D eigenvalue weighted by Crippen LogP contribution is 2.26. The lowest BCUT2D eigenvalue weighted by Gasteiger charge is -2.17. The van der Waals surface area contributed by atoms with Crippen molar-refractivity contribution in [1.29, 1.82) is 0 Å². The van der Waals surface area contributed by atoms with Gasteiger partial charge in [-0.15, -0.1) is 11.6 Å². The molecule has 0 fully saturated rings. The Hall–Kier alpha value is -3.10. The summed E-state index contributed by atoms with van der Waals surface area (Å²) in [6, 6.07) is 9.39. The van der Waals surface area contributed by atoms with Gasteiger partial charge in [0, 0.05) is 18.8 Å². The molecule has 9 heteroatoms. The van der Waals surface area contributed by atoms with Crippen LogP contribution in [0.4, 0.5) is 14.5 Å². The number of amides is 1. The number of carbonyl (C=O) groups excluding carboxylic acids is 1. The molecule has 29 heavy (non-hydrogen) atoms. The number of anilines is 1. The van der Waals surface area contributed by atoms with Crippen LogP contribution in [0.2, 0.25) is 0 Å². The molecule has 1 amide bonds. The van der Waals surface area contributed by atoms with Crippen LogP contribution in [0.1, 0.15) is 10.5 Å². The van der Waals surface area contributed by atoms with Crippen LogP contribution in [0.5, 0.6) is 5.75 Å². The molecule has 2 heterocycles. The molecule has 3 aromatic rings. The number of ether oxygens (including phenoxy) is 1. The summed E-state index contributed by atoms with van der Waals surface area (Å²) in [5.74, 6) is -1.64. The first-order valence-corrected chi connectivity index (χ1v) is 9.16. The van der Waals surface area contributed by atoms with Crippen molar-refractivity contribution in [3.63, 3.8) is 0 Å². The van der Waals surface area contributed by atoms with E-state index >= 15 is 0 Å². The number of nitrogens with zero attached hydrogens (tertiary/aromatic N) is 2. The molecule has 6 nitrogen and oxygen atoms in total. The van der Waals surface area contributed by atoms with Gasteiger partial charge >= 0.3 is 0 Å². The van der Waals surface area contributed by atoms with Gasteiger partial charge < -0.3 is 15.8 Å². The molecule has 0 spiro atoms. The fourth-order valence-electron chi connectivity index (χ4n) is 2.53. The summed E-state index contributed by atoms with van der Waals surface area (Å²) in [5.41, 5.74) is 5.53. The van der Waals surface area contributed by atoms with Crippen LogP contribution >= 0.6 is 11.6 Å². The Bertz CT molecular complexity index is 995. The molecule has 2 aromatic heterocycles. The number of benzene rings is 1. The van der Waals surface area contributed by atoms with Gasteiger partial charge in [0.15, 0.2) is 0 Å². The average Bonchev–Trinajstić information content (AvgIpc) is 2.73. The maximum atomic E-state index is 14.0. The quantitative estimate of drug-likeness (QED) is 0.572. The van der Waals surface area contributed by atoms with E-state index in [-0.39, 0.29) is 35.1 Å². The predicted molar refractivity (Wildman–Crippen MR) is 106 cm³/mol. The molecular formula is C20H17ClF2N4O2. The van der Waals surface area contributed by atoms with Gasteiger partial charge in [0.1, 0.15) is 34.9 Å². The largest absolute Gasteiger partial charge is 0.486 e. The van der Waals surface area contributed by atoms with Crippen LogP contribution in [0, 0.1) is 11.6 Å². The smallest absolute Gasteiger partial charge is 0.274 e. The zero-order valence-electron chi connectivity index (χ0n) is 15.1. The zero-order valence-corrected chi connectivity index (χ0v) is 15.9.